The van der Waals surface area contributed by atoms with Crippen LogP contribution in [0.15, 0.2) is 6.20 Å². The molecule has 1 saturated heterocycles. The first-order chi connectivity index (χ1) is 7.63. The summed E-state index contributed by atoms with van der Waals surface area (Å²) >= 11 is 0. The van der Waals surface area contributed by atoms with Crippen LogP contribution in [0.3, 0.4) is 0 Å². The van der Waals surface area contributed by atoms with Crippen molar-refractivity contribution < 1.29 is 4.79 Å². The molecule has 1 aromatic rings. The Morgan fingerprint density at radius 2 is 2.44 bits per heavy atom. The zero-order valence-electron chi connectivity index (χ0n) is 9.73. The summed E-state index contributed by atoms with van der Waals surface area (Å²) in [6.07, 6.45) is 3.13. The number of likely N-dealkylation sites (tertiary alicyclic amines) is 1. The third-order valence-electron chi connectivity index (χ3n) is 2.94. The van der Waals surface area contributed by atoms with Gasteiger partial charge in [0.05, 0.1) is 0 Å². The van der Waals surface area contributed by atoms with Gasteiger partial charge in [0.1, 0.15) is 11.9 Å². The number of hydrogen-bond acceptors (Lipinski definition) is 3. The fourth-order valence-corrected chi connectivity index (χ4v) is 2.26. The van der Waals surface area contributed by atoms with E-state index in [2.05, 4.69) is 16.9 Å². The number of carbonyl (C=O) groups excluding carboxylic acids is 1. The van der Waals surface area contributed by atoms with E-state index in [1.54, 1.807) is 6.20 Å². The second kappa shape index (κ2) is 4.25. The number of nitrogens with one attached hydrogen (secondary N) is 1. The highest BCUT2D eigenvalue weighted by Gasteiger charge is 2.39. The predicted octanol–water partition coefficient (Wildman–Crippen LogP) is 0.729. The van der Waals surface area contributed by atoms with E-state index in [0.717, 1.165) is 24.5 Å². The number of carbonyl (C=O) groups is 1. The topological polar surface area (TPSA) is 75.0 Å². The lowest BCUT2D eigenvalue weighted by Gasteiger charge is -2.24. The van der Waals surface area contributed by atoms with E-state index in [4.69, 9.17) is 5.73 Å². The predicted molar refractivity (Wildman–Crippen MR) is 60.7 cm³/mol. The minimum absolute atomic E-state index is 0.0823. The molecular weight excluding hydrogens is 204 g/mol. The molecule has 16 heavy (non-hydrogen) atoms. The molecule has 0 bridgehead atoms. The molecule has 2 atom stereocenters. The van der Waals surface area contributed by atoms with E-state index < -0.39 is 0 Å². The summed E-state index contributed by atoms with van der Waals surface area (Å²) in [5.41, 5.74) is 7.01. The second-order valence-electron chi connectivity index (χ2n) is 4.35. The summed E-state index contributed by atoms with van der Waals surface area (Å²) < 4.78 is 0. The number of aryl methyl sites for hydroxylation is 1. The van der Waals surface area contributed by atoms with Crippen molar-refractivity contribution >= 4 is 5.91 Å². The molecule has 5 nitrogen and oxygen atoms in total. The smallest absolute Gasteiger partial charge is 0.224 e. The highest BCUT2D eigenvalue weighted by Crippen LogP contribution is 2.30. The summed E-state index contributed by atoms with van der Waals surface area (Å²) in [6, 6.07) is -0.231. The van der Waals surface area contributed by atoms with Crippen LogP contribution in [0.2, 0.25) is 0 Å². The molecule has 2 heterocycles. The second-order valence-corrected chi connectivity index (χ2v) is 4.35. The summed E-state index contributed by atoms with van der Waals surface area (Å²) in [4.78, 5) is 21.1. The normalized spacial score (nSPS) is 25.4. The molecule has 2 rings (SSSR count). The van der Waals surface area contributed by atoms with Gasteiger partial charge in [-0.15, -0.1) is 0 Å². The van der Waals surface area contributed by atoms with Gasteiger partial charge < -0.3 is 15.6 Å². The molecule has 5 heteroatoms. The van der Waals surface area contributed by atoms with Crippen LogP contribution in [0.4, 0.5) is 0 Å². The van der Waals surface area contributed by atoms with Gasteiger partial charge in [0.15, 0.2) is 0 Å². The van der Waals surface area contributed by atoms with Crippen LogP contribution in [0.5, 0.6) is 0 Å². The van der Waals surface area contributed by atoms with Crippen LogP contribution in [0, 0.1) is 6.92 Å². The Hall–Kier alpha value is -1.36. The molecule has 88 valence electrons. The lowest BCUT2D eigenvalue weighted by Crippen LogP contribution is -2.34. The average molecular weight is 222 g/mol. The molecule has 1 aliphatic heterocycles. The minimum Gasteiger partial charge on any atom is -0.344 e. The van der Waals surface area contributed by atoms with E-state index in [0.29, 0.717) is 6.42 Å². The van der Waals surface area contributed by atoms with Crippen LogP contribution in [0.25, 0.3) is 0 Å². The number of nitrogens with two attached hydrogens (primary N) is 1. The molecule has 0 radical (unpaired) electrons. The fraction of sp³-hybridized carbons (Fsp3) is 0.636. The summed E-state index contributed by atoms with van der Waals surface area (Å²) in [5, 5.41) is 0. The maximum atomic E-state index is 11.8. The monoisotopic (exact) mass is 222 g/mol. The van der Waals surface area contributed by atoms with Gasteiger partial charge >= 0.3 is 0 Å². The van der Waals surface area contributed by atoms with Crippen molar-refractivity contribution in [1.82, 2.24) is 14.9 Å². The van der Waals surface area contributed by atoms with Crippen molar-refractivity contribution in [2.24, 2.45) is 5.73 Å². The molecule has 0 aliphatic carbocycles. The van der Waals surface area contributed by atoms with Crippen LogP contribution in [0.1, 0.15) is 37.3 Å². The van der Waals surface area contributed by atoms with E-state index in [1.807, 2.05) is 11.8 Å². The molecule has 0 unspecified atom stereocenters. The van der Waals surface area contributed by atoms with Gasteiger partial charge in [0.2, 0.25) is 5.91 Å². The van der Waals surface area contributed by atoms with Crippen molar-refractivity contribution in [2.45, 2.75) is 38.8 Å². The molecular formula is C11H18N4O. The number of aromatic nitrogens is 2. The fourth-order valence-electron chi connectivity index (χ4n) is 2.26. The van der Waals surface area contributed by atoms with Gasteiger partial charge in [0, 0.05) is 30.9 Å². The lowest BCUT2D eigenvalue weighted by molar-refractivity contribution is -0.129. The Balaban J connectivity index is 2.26. The zero-order chi connectivity index (χ0) is 11.7. The van der Waals surface area contributed by atoms with Gasteiger partial charge in [-0.05, 0) is 13.3 Å². The van der Waals surface area contributed by atoms with Gasteiger partial charge in [-0.25, -0.2) is 4.98 Å². The Morgan fingerprint density at radius 3 is 3.00 bits per heavy atom. The number of H-pyrrole nitrogens is 1. The summed E-state index contributed by atoms with van der Waals surface area (Å²) in [5.74, 6) is 0.942. The Labute approximate surface area is 95.0 Å². The largest absolute Gasteiger partial charge is 0.344 e. The van der Waals surface area contributed by atoms with Crippen molar-refractivity contribution in [2.75, 3.05) is 6.54 Å². The number of rotatable bonds is 3. The number of hydrogen-bond donors (Lipinski definition) is 2. The third-order valence-corrected chi connectivity index (χ3v) is 2.94. The average Bonchev–Trinajstić information content (AvgIpc) is 2.73. The standard InChI is InChI=1S/C11H18N4O/c1-3-4-15-9(16)5-8(12)10(15)11-13-6-7(2)14-11/h6,8,10H,3-5,12H2,1-2H3,(H,13,14)/t8-,10-/m0/s1. The van der Waals surface area contributed by atoms with Crippen molar-refractivity contribution in [3.63, 3.8) is 0 Å². The first kappa shape index (κ1) is 11.1. The molecule has 0 aromatic carbocycles. The number of nitrogens with zero attached hydrogens (tertiary/aromatic N) is 2. The Bertz CT molecular complexity index is 387. The van der Waals surface area contributed by atoms with Crippen LogP contribution < -0.4 is 5.73 Å². The molecule has 1 aromatic heterocycles. The zero-order valence-corrected chi connectivity index (χ0v) is 9.73. The van der Waals surface area contributed by atoms with Gasteiger partial charge in [0.25, 0.3) is 0 Å². The molecule has 1 amide bonds. The molecule has 1 aliphatic rings. The number of amides is 1. The van der Waals surface area contributed by atoms with Gasteiger partial charge in [-0.3, -0.25) is 4.79 Å². The van der Waals surface area contributed by atoms with E-state index in [9.17, 15) is 4.79 Å². The van der Waals surface area contributed by atoms with Gasteiger partial charge in [-0.1, -0.05) is 6.92 Å². The minimum atomic E-state index is -0.149. The van der Waals surface area contributed by atoms with E-state index in [1.165, 1.54) is 0 Å². The quantitative estimate of drug-likeness (QED) is 0.791. The summed E-state index contributed by atoms with van der Waals surface area (Å²) in [6.45, 7) is 4.75. The maximum absolute atomic E-state index is 11.8. The number of imidazole rings is 1. The highest BCUT2D eigenvalue weighted by atomic mass is 16.2. The highest BCUT2D eigenvalue weighted by molar-refractivity contribution is 5.80. The first-order valence-corrected chi connectivity index (χ1v) is 5.70. The SMILES string of the molecule is CCCN1C(=O)C[C@H](N)[C@H]1c1ncc(C)[nH]1. The van der Waals surface area contributed by atoms with E-state index in [-0.39, 0.29) is 18.0 Å². The van der Waals surface area contributed by atoms with Crippen LogP contribution in [-0.2, 0) is 4.79 Å². The van der Waals surface area contributed by atoms with Crippen molar-refractivity contribution in [3.8, 4) is 0 Å². The van der Waals surface area contributed by atoms with Crippen LogP contribution >= 0.6 is 0 Å². The van der Waals surface area contributed by atoms with Crippen molar-refractivity contribution in [1.29, 1.82) is 0 Å². The molecule has 0 spiro atoms. The van der Waals surface area contributed by atoms with E-state index >= 15 is 0 Å². The van der Waals surface area contributed by atoms with Crippen molar-refractivity contribution in [3.05, 3.63) is 17.7 Å². The third kappa shape index (κ3) is 1.82. The Morgan fingerprint density at radius 1 is 1.69 bits per heavy atom. The molecule has 1 fully saturated rings. The first-order valence-electron chi connectivity index (χ1n) is 5.70. The summed E-state index contributed by atoms with van der Waals surface area (Å²) in [7, 11) is 0. The molecule has 0 saturated carbocycles. The maximum Gasteiger partial charge on any atom is 0.224 e. The number of aromatic amines is 1. The van der Waals surface area contributed by atoms with Crippen LogP contribution in [-0.4, -0.2) is 33.4 Å². The molecule has 3 N–H and O–H groups in total. The Kier molecular flexibility index (Phi) is 2.96. The van der Waals surface area contributed by atoms with Gasteiger partial charge in [-0.2, -0.15) is 0 Å². The lowest BCUT2D eigenvalue weighted by atomic mass is 10.1.